The molecule has 0 N–H and O–H groups in total. The number of esters is 1. The summed E-state index contributed by atoms with van der Waals surface area (Å²) in [5, 5.41) is 1.46. The standard InChI is InChI=1S/C33H35ClN2O5/c1-2-39-32(37)31-29(21-24-7-4-3-5-8-24)28-14-13-27(22-30(28)41-33(31)38)40-20-6-15-35-16-18-36(19-17-35)23-25-9-11-26(34)12-10-25/h3-5,7-14,22H,2,6,15-21,23H2,1H3. The Hall–Kier alpha value is -3.65. The average Bonchev–Trinajstić information content (AvgIpc) is 2.98. The van der Waals surface area contributed by atoms with Crippen molar-refractivity contribution in [3.05, 3.63) is 110 Å². The van der Waals surface area contributed by atoms with Gasteiger partial charge in [0.05, 0.1) is 13.2 Å². The third-order valence-electron chi connectivity index (χ3n) is 7.36. The molecule has 1 aliphatic rings. The van der Waals surface area contributed by atoms with Crippen molar-refractivity contribution in [1.82, 2.24) is 9.80 Å². The number of fused-ring (bicyclic) bond motifs is 1. The third-order valence-corrected chi connectivity index (χ3v) is 7.61. The summed E-state index contributed by atoms with van der Waals surface area (Å²) in [6.07, 6.45) is 1.30. The van der Waals surface area contributed by atoms with E-state index in [1.54, 1.807) is 13.0 Å². The van der Waals surface area contributed by atoms with E-state index in [4.69, 9.17) is 25.5 Å². The maximum absolute atomic E-state index is 12.9. The van der Waals surface area contributed by atoms with Gasteiger partial charge in [-0.05, 0) is 60.7 Å². The number of carbonyl (C=O) groups is 1. The molecule has 4 aromatic rings. The summed E-state index contributed by atoms with van der Waals surface area (Å²) in [5.41, 5.74) is 2.51. The first-order valence-electron chi connectivity index (χ1n) is 14.1. The fourth-order valence-corrected chi connectivity index (χ4v) is 5.35. The molecule has 1 saturated heterocycles. The van der Waals surface area contributed by atoms with Gasteiger partial charge in [-0.1, -0.05) is 54.1 Å². The van der Waals surface area contributed by atoms with Crippen LogP contribution in [0.3, 0.4) is 0 Å². The minimum absolute atomic E-state index is 0.0508. The van der Waals surface area contributed by atoms with Crippen LogP contribution in [0.1, 0.15) is 40.4 Å². The maximum atomic E-state index is 12.9. The molecule has 3 aromatic carbocycles. The Bertz CT molecular complexity index is 1510. The van der Waals surface area contributed by atoms with Crippen LogP contribution in [0.15, 0.2) is 82.0 Å². The Morgan fingerprint density at radius 1 is 0.927 bits per heavy atom. The Labute approximate surface area is 245 Å². The van der Waals surface area contributed by atoms with E-state index in [9.17, 15) is 9.59 Å². The fourth-order valence-electron chi connectivity index (χ4n) is 5.23. The second kappa shape index (κ2) is 13.8. The number of benzene rings is 3. The summed E-state index contributed by atoms with van der Waals surface area (Å²) >= 11 is 6.00. The minimum Gasteiger partial charge on any atom is -0.493 e. The zero-order valence-corrected chi connectivity index (χ0v) is 24.1. The number of hydrogen-bond acceptors (Lipinski definition) is 7. The number of piperazine rings is 1. The summed E-state index contributed by atoms with van der Waals surface area (Å²) in [7, 11) is 0. The summed E-state index contributed by atoms with van der Waals surface area (Å²) in [6.45, 7) is 8.47. The third kappa shape index (κ3) is 7.55. The number of ether oxygens (including phenoxy) is 2. The molecule has 0 radical (unpaired) electrons. The van der Waals surface area contributed by atoms with E-state index in [1.807, 2.05) is 54.6 Å². The van der Waals surface area contributed by atoms with Gasteiger partial charge in [0.1, 0.15) is 16.9 Å². The van der Waals surface area contributed by atoms with Gasteiger partial charge in [0, 0.05) is 55.7 Å². The van der Waals surface area contributed by atoms with Crippen LogP contribution in [-0.2, 0) is 17.7 Å². The predicted molar refractivity (Wildman–Crippen MR) is 161 cm³/mol. The molecule has 0 unspecified atom stereocenters. The van der Waals surface area contributed by atoms with E-state index in [2.05, 4.69) is 21.9 Å². The van der Waals surface area contributed by atoms with Gasteiger partial charge in [-0.15, -0.1) is 0 Å². The van der Waals surface area contributed by atoms with Crippen molar-refractivity contribution in [2.24, 2.45) is 0 Å². The Morgan fingerprint density at radius 3 is 2.39 bits per heavy atom. The molecule has 8 heteroatoms. The Kier molecular flexibility index (Phi) is 9.72. The highest BCUT2D eigenvalue weighted by Crippen LogP contribution is 2.27. The summed E-state index contributed by atoms with van der Waals surface area (Å²) in [4.78, 5) is 30.5. The molecule has 0 amide bonds. The number of halogens is 1. The van der Waals surface area contributed by atoms with Gasteiger partial charge >= 0.3 is 11.6 Å². The van der Waals surface area contributed by atoms with Crippen molar-refractivity contribution < 1.29 is 18.7 Å². The van der Waals surface area contributed by atoms with E-state index in [0.29, 0.717) is 35.3 Å². The van der Waals surface area contributed by atoms with E-state index in [-0.39, 0.29) is 12.2 Å². The number of hydrogen-bond donors (Lipinski definition) is 0. The highest BCUT2D eigenvalue weighted by molar-refractivity contribution is 6.30. The summed E-state index contributed by atoms with van der Waals surface area (Å²) in [6, 6.07) is 23.2. The molecule has 41 heavy (non-hydrogen) atoms. The first kappa shape index (κ1) is 28.9. The Balaban J connectivity index is 1.18. The van der Waals surface area contributed by atoms with Gasteiger partial charge in [-0.3, -0.25) is 4.90 Å². The van der Waals surface area contributed by atoms with Crippen molar-refractivity contribution in [3.8, 4) is 5.75 Å². The second-order valence-electron chi connectivity index (χ2n) is 10.2. The van der Waals surface area contributed by atoms with Gasteiger partial charge in [0.15, 0.2) is 0 Å². The predicted octanol–water partition coefficient (Wildman–Crippen LogP) is 5.80. The molecule has 7 nitrogen and oxygen atoms in total. The van der Waals surface area contributed by atoms with E-state index in [0.717, 1.165) is 56.3 Å². The largest absolute Gasteiger partial charge is 0.493 e. The summed E-state index contributed by atoms with van der Waals surface area (Å²) in [5.74, 6) is -0.0387. The average molecular weight is 575 g/mol. The van der Waals surface area contributed by atoms with Crippen LogP contribution in [0.25, 0.3) is 11.0 Å². The first-order chi connectivity index (χ1) is 20.0. The maximum Gasteiger partial charge on any atom is 0.351 e. The lowest BCUT2D eigenvalue weighted by Crippen LogP contribution is -2.46. The fraction of sp³-hybridized carbons (Fsp3) is 0.333. The van der Waals surface area contributed by atoms with Crippen molar-refractivity contribution in [3.63, 3.8) is 0 Å². The van der Waals surface area contributed by atoms with Crippen LogP contribution in [0, 0.1) is 0 Å². The molecular formula is C33H35ClN2O5. The quantitative estimate of drug-likeness (QED) is 0.127. The molecule has 1 aliphatic heterocycles. The smallest absolute Gasteiger partial charge is 0.351 e. The molecule has 1 aromatic heterocycles. The normalized spacial score (nSPS) is 14.3. The molecule has 5 rings (SSSR count). The van der Waals surface area contributed by atoms with Crippen LogP contribution < -0.4 is 10.4 Å². The molecule has 1 fully saturated rings. The van der Waals surface area contributed by atoms with Crippen LogP contribution >= 0.6 is 11.6 Å². The second-order valence-corrected chi connectivity index (χ2v) is 10.7. The molecule has 0 spiro atoms. The van der Waals surface area contributed by atoms with Crippen LogP contribution in [0.5, 0.6) is 5.75 Å². The zero-order chi connectivity index (χ0) is 28.6. The molecule has 0 saturated carbocycles. The van der Waals surface area contributed by atoms with Crippen LogP contribution in [0.2, 0.25) is 5.02 Å². The van der Waals surface area contributed by atoms with Crippen molar-refractivity contribution in [2.45, 2.75) is 26.3 Å². The highest BCUT2D eigenvalue weighted by atomic mass is 35.5. The van der Waals surface area contributed by atoms with Gasteiger partial charge in [0.25, 0.3) is 0 Å². The molecule has 0 atom stereocenters. The van der Waals surface area contributed by atoms with Crippen molar-refractivity contribution in [1.29, 1.82) is 0 Å². The lowest BCUT2D eigenvalue weighted by atomic mass is 9.97. The van der Waals surface area contributed by atoms with Crippen molar-refractivity contribution >= 4 is 28.5 Å². The lowest BCUT2D eigenvalue weighted by Gasteiger charge is -2.34. The number of nitrogens with zero attached hydrogens (tertiary/aromatic N) is 2. The molecule has 0 bridgehead atoms. The SMILES string of the molecule is CCOC(=O)c1c(Cc2ccccc2)c2ccc(OCCCN3CCN(Cc4ccc(Cl)cc4)CC3)cc2oc1=O. The number of rotatable bonds is 11. The highest BCUT2D eigenvalue weighted by Gasteiger charge is 2.23. The van der Waals surface area contributed by atoms with Crippen LogP contribution in [-0.4, -0.2) is 61.7 Å². The van der Waals surface area contributed by atoms with Crippen molar-refractivity contribution in [2.75, 3.05) is 45.9 Å². The Morgan fingerprint density at radius 2 is 1.66 bits per heavy atom. The van der Waals surface area contributed by atoms with E-state index >= 15 is 0 Å². The molecular weight excluding hydrogens is 540 g/mol. The molecule has 0 aliphatic carbocycles. The molecule has 2 heterocycles. The minimum atomic E-state index is -0.700. The van der Waals surface area contributed by atoms with Gasteiger partial charge in [-0.2, -0.15) is 0 Å². The van der Waals surface area contributed by atoms with Gasteiger partial charge in [-0.25, -0.2) is 9.59 Å². The topological polar surface area (TPSA) is 72.2 Å². The van der Waals surface area contributed by atoms with Crippen LogP contribution in [0.4, 0.5) is 0 Å². The lowest BCUT2D eigenvalue weighted by molar-refractivity contribution is 0.0520. The van der Waals surface area contributed by atoms with Gasteiger partial charge in [0.2, 0.25) is 0 Å². The van der Waals surface area contributed by atoms with E-state index < -0.39 is 11.6 Å². The zero-order valence-electron chi connectivity index (χ0n) is 23.3. The van der Waals surface area contributed by atoms with E-state index in [1.165, 1.54) is 5.56 Å². The van der Waals surface area contributed by atoms with Gasteiger partial charge < -0.3 is 18.8 Å². The summed E-state index contributed by atoms with van der Waals surface area (Å²) < 4.78 is 16.8. The first-order valence-corrected chi connectivity index (χ1v) is 14.5. The number of carbonyl (C=O) groups excluding carboxylic acids is 1. The monoisotopic (exact) mass is 574 g/mol. The molecule has 214 valence electrons.